The number of fused-ring (bicyclic) bond motifs is 1. The first-order valence-corrected chi connectivity index (χ1v) is 10.2. The van der Waals surface area contributed by atoms with Crippen LogP contribution in [0.2, 0.25) is 0 Å². The van der Waals surface area contributed by atoms with Crippen LogP contribution < -0.4 is 5.32 Å². The molecule has 0 aromatic heterocycles. The summed E-state index contributed by atoms with van der Waals surface area (Å²) in [6.07, 6.45) is 8.27. The summed E-state index contributed by atoms with van der Waals surface area (Å²) in [6, 6.07) is 14.7. The highest BCUT2D eigenvalue weighted by Gasteiger charge is 2.13. The Kier molecular flexibility index (Phi) is 6.59. The van der Waals surface area contributed by atoms with E-state index in [2.05, 4.69) is 47.8 Å². The monoisotopic (exact) mass is 341 g/mol. The number of rotatable bonds is 7. The highest BCUT2D eigenvalue weighted by molar-refractivity contribution is 7.99. The van der Waals surface area contributed by atoms with Gasteiger partial charge in [-0.3, -0.25) is 4.79 Å². The van der Waals surface area contributed by atoms with E-state index in [0.29, 0.717) is 6.42 Å². The molecule has 1 fully saturated rings. The van der Waals surface area contributed by atoms with E-state index in [1.807, 2.05) is 11.8 Å². The normalized spacial score (nSPS) is 15.5. The number of hydrogen-bond donors (Lipinski definition) is 1. The van der Waals surface area contributed by atoms with E-state index in [1.54, 1.807) is 0 Å². The molecule has 1 aliphatic rings. The summed E-state index contributed by atoms with van der Waals surface area (Å²) < 4.78 is 0. The molecule has 3 rings (SSSR count). The van der Waals surface area contributed by atoms with Gasteiger partial charge in [0.1, 0.15) is 0 Å². The highest BCUT2D eigenvalue weighted by atomic mass is 32.2. The van der Waals surface area contributed by atoms with Crippen molar-refractivity contribution in [3.05, 3.63) is 48.0 Å². The average molecular weight is 342 g/mol. The lowest BCUT2D eigenvalue weighted by molar-refractivity contribution is -0.120. The first kappa shape index (κ1) is 17.3. The summed E-state index contributed by atoms with van der Waals surface area (Å²) in [5.41, 5.74) is 1.26. The topological polar surface area (TPSA) is 29.1 Å². The number of aryl methyl sites for hydroxylation is 1. The van der Waals surface area contributed by atoms with Gasteiger partial charge in [0.05, 0.1) is 0 Å². The fourth-order valence-electron chi connectivity index (χ4n) is 3.49. The minimum Gasteiger partial charge on any atom is -0.355 e. The van der Waals surface area contributed by atoms with Gasteiger partial charge in [-0.1, -0.05) is 61.7 Å². The van der Waals surface area contributed by atoms with Crippen molar-refractivity contribution in [1.82, 2.24) is 5.32 Å². The smallest absolute Gasteiger partial charge is 0.220 e. The Balaban J connectivity index is 1.39. The first-order valence-electron chi connectivity index (χ1n) is 9.18. The molecular weight excluding hydrogens is 314 g/mol. The molecule has 2 aromatic carbocycles. The zero-order valence-electron chi connectivity index (χ0n) is 14.3. The molecule has 0 spiro atoms. The Bertz CT molecular complexity index is 658. The number of amides is 1. The molecule has 128 valence electrons. The van der Waals surface area contributed by atoms with Gasteiger partial charge in [-0.15, -0.1) is 0 Å². The SMILES string of the molecule is O=C(CCc1cccc2ccccc12)NCCSC1CCCCC1. The predicted octanol–water partition coefficient (Wildman–Crippen LogP) is 4.95. The molecule has 0 aliphatic heterocycles. The minimum atomic E-state index is 0.173. The maximum absolute atomic E-state index is 12.1. The molecular formula is C21H27NOS. The molecule has 24 heavy (non-hydrogen) atoms. The Labute approximate surface area is 149 Å². The number of thioether (sulfide) groups is 1. The second kappa shape index (κ2) is 9.12. The second-order valence-corrected chi connectivity index (χ2v) is 8.03. The summed E-state index contributed by atoms with van der Waals surface area (Å²) in [5.74, 6) is 1.22. The van der Waals surface area contributed by atoms with Crippen LogP contribution in [0.15, 0.2) is 42.5 Å². The third-order valence-electron chi connectivity index (χ3n) is 4.83. The fraction of sp³-hybridized carbons (Fsp3) is 0.476. The Morgan fingerprint density at radius 2 is 1.83 bits per heavy atom. The van der Waals surface area contributed by atoms with Crippen LogP contribution in [0.5, 0.6) is 0 Å². The molecule has 0 atom stereocenters. The summed E-state index contributed by atoms with van der Waals surface area (Å²) in [5, 5.41) is 6.42. The zero-order valence-corrected chi connectivity index (χ0v) is 15.1. The minimum absolute atomic E-state index is 0.173. The van der Waals surface area contributed by atoms with Crippen LogP contribution >= 0.6 is 11.8 Å². The summed E-state index contributed by atoms with van der Waals surface area (Å²) in [7, 11) is 0. The maximum atomic E-state index is 12.1. The van der Waals surface area contributed by atoms with Crippen LogP contribution in [-0.2, 0) is 11.2 Å². The van der Waals surface area contributed by atoms with Gasteiger partial charge in [0.15, 0.2) is 0 Å². The molecule has 0 unspecified atom stereocenters. The molecule has 1 aliphatic carbocycles. The van der Waals surface area contributed by atoms with E-state index in [9.17, 15) is 4.79 Å². The van der Waals surface area contributed by atoms with Gasteiger partial charge in [-0.2, -0.15) is 11.8 Å². The Morgan fingerprint density at radius 3 is 2.71 bits per heavy atom. The van der Waals surface area contributed by atoms with Crippen molar-refractivity contribution in [1.29, 1.82) is 0 Å². The van der Waals surface area contributed by atoms with Crippen LogP contribution in [-0.4, -0.2) is 23.5 Å². The van der Waals surface area contributed by atoms with E-state index in [-0.39, 0.29) is 5.91 Å². The van der Waals surface area contributed by atoms with Crippen molar-refractivity contribution in [2.45, 2.75) is 50.2 Å². The lowest BCUT2D eigenvalue weighted by Gasteiger charge is -2.20. The van der Waals surface area contributed by atoms with Crippen molar-refractivity contribution >= 4 is 28.4 Å². The molecule has 0 saturated heterocycles. The standard InChI is InChI=1S/C21H27NOS/c23-21(22-15-16-24-19-10-2-1-3-11-19)14-13-18-9-6-8-17-7-4-5-12-20(17)18/h4-9,12,19H,1-3,10-11,13-16H2,(H,22,23). The number of nitrogens with one attached hydrogen (secondary N) is 1. The van der Waals surface area contributed by atoms with Gasteiger partial charge >= 0.3 is 0 Å². The van der Waals surface area contributed by atoms with Crippen molar-refractivity contribution in [3.63, 3.8) is 0 Å². The second-order valence-electron chi connectivity index (χ2n) is 6.62. The first-order chi connectivity index (χ1) is 11.8. The van der Waals surface area contributed by atoms with E-state index < -0.39 is 0 Å². The van der Waals surface area contributed by atoms with Crippen LogP contribution in [0.1, 0.15) is 44.1 Å². The number of carbonyl (C=O) groups is 1. The molecule has 2 nitrogen and oxygen atoms in total. The predicted molar refractivity (Wildman–Crippen MR) is 105 cm³/mol. The third kappa shape index (κ3) is 5.01. The van der Waals surface area contributed by atoms with Crippen LogP contribution in [0.25, 0.3) is 10.8 Å². The summed E-state index contributed by atoms with van der Waals surface area (Å²) >= 11 is 2.04. The van der Waals surface area contributed by atoms with Gasteiger partial charge in [-0.25, -0.2) is 0 Å². The van der Waals surface area contributed by atoms with Crippen molar-refractivity contribution < 1.29 is 4.79 Å². The number of hydrogen-bond acceptors (Lipinski definition) is 2. The van der Waals surface area contributed by atoms with Crippen molar-refractivity contribution in [2.24, 2.45) is 0 Å². The van der Waals surface area contributed by atoms with Gasteiger partial charge in [0, 0.05) is 24.0 Å². The maximum Gasteiger partial charge on any atom is 0.220 e. The quantitative estimate of drug-likeness (QED) is 0.722. The van der Waals surface area contributed by atoms with Crippen LogP contribution in [0.4, 0.5) is 0 Å². The lowest BCUT2D eigenvalue weighted by Crippen LogP contribution is -2.26. The van der Waals surface area contributed by atoms with Crippen molar-refractivity contribution in [2.75, 3.05) is 12.3 Å². The van der Waals surface area contributed by atoms with Gasteiger partial charge in [0.2, 0.25) is 5.91 Å². The fourth-order valence-corrected chi connectivity index (χ4v) is 4.71. The Morgan fingerprint density at radius 1 is 1.04 bits per heavy atom. The molecule has 0 bridgehead atoms. The lowest BCUT2D eigenvalue weighted by atomic mass is 10.0. The molecule has 1 amide bonds. The van der Waals surface area contributed by atoms with Crippen molar-refractivity contribution in [3.8, 4) is 0 Å². The molecule has 0 radical (unpaired) electrons. The van der Waals surface area contributed by atoms with E-state index in [4.69, 9.17) is 0 Å². The summed E-state index contributed by atoms with van der Waals surface area (Å²) in [4.78, 5) is 12.1. The van der Waals surface area contributed by atoms with E-state index >= 15 is 0 Å². The number of benzene rings is 2. The van der Waals surface area contributed by atoms with Gasteiger partial charge in [0.25, 0.3) is 0 Å². The highest BCUT2D eigenvalue weighted by Crippen LogP contribution is 2.27. The summed E-state index contributed by atoms with van der Waals surface area (Å²) in [6.45, 7) is 0.801. The number of carbonyl (C=O) groups excluding carboxylic acids is 1. The van der Waals surface area contributed by atoms with E-state index in [0.717, 1.165) is 24.0 Å². The third-order valence-corrected chi connectivity index (χ3v) is 6.21. The average Bonchev–Trinajstić information content (AvgIpc) is 2.64. The van der Waals surface area contributed by atoms with E-state index in [1.165, 1.54) is 48.4 Å². The molecule has 1 N–H and O–H groups in total. The zero-order chi connectivity index (χ0) is 16.6. The molecule has 2 aromatic rings. The van der Waals surface area contributed by atoms with Gasteiger partial charge in [-0.05, 0) is 35.6 Å². The van der Waals surface area contributed by atoms with Crippen LogP contribution in [0, 0.1) is 0 Å². The van der Waals surface area contributed by atoms with Crippen LogP contribution in [0.3, 0.4) is 0 Å². The van der Waals surface area contributed by atoms with Gasteiger partial charge < -0.3 is 5.32 Å². The Hall–Kier alpha value is -1.48. The molecule has 3 heteroatoms. The molecule has 0 heterocycles. The largest absolute Gasteiger partial charge is 0.355 e. The molecule has 1 saturated carbocycles.